The summed E-state index contributed by atoms with van der Waals surface area (Å²) in [5, 5.41) is 1.06. The lowest BCUT2D eigenvalue weighted by Crippen LogP contribution is -2.47. The van der Waals surface area contributed by atoms with Crippen molar-refractivity contribution in [2.75, 3.05) is 50.7 Å². The number of piperazine rings is 1. The van der Waals surface area contributed by atoms with Crippen LogP contribution in [0.15, 0.2) is 18.2 Å². The third-order valence-electron chi connectivity index (χ3n) is 6.19. The predicted molar refractivity (Wildman–Crippen MR) is 120 cm³/mol. The van der Waals surface area contributed by atoms with Crippen LogP contribution in [0.1, 0.15) is 29.1 Å². The van der Waals surface area contributed by atoms with Crippen molar-refractivity contribution in [3.63, 3.8) is 0 Å². The number of rotatable bonds is 4. The SMILES string of the molecule is CC(c1ccc2c(c1)OCO2)N1CCN(c2nc3c(s2)CN(S(C)(O)O)CC3)CC1. The molecule has 4 heterocycles. The van der Waals surface area contributed by atoms with Crippen LogP contribution in [0.2, 0.25) is 0 Å². The molecule has 1 saturated heterocycles. The van der Waals surface area contributed by atoms with Crippen molar-refractivity contribution in [2.24, 2.45) is 0 Å². The second kappa shape index (κ2) is 7.85. The highest BCUT2D eigenvalue weighted by atomic mass is 32.3. The first kappa shape index (κ1) is 20.3. The second-order valence-corrected chi connectivity index (χ2v) is 11.2. The lowest BCUT2D eigenvalue weighted by Gasteiger charge is -2.41. The zero-order valence-corrected chi connectivity index (χ0v) is 18.9. The predicted octanol–water partition coefficient (Wildman–Crippen LogP) is 3.41. The van der Waals surface area contributed by atoms with Gasteiger partial charge in [-0.25, -0.2) is 9.29 Å². The average molecular weight is 453 g/mol. The van der Waals surface area contributed by atoms with Crippen LogP contribution < -0.4 is 14.4 Å². The van der Waals surface area contributed by atoms with E-state index in [4.69, 9.17) is 14.5 Å². The first-order valence-corrected chi connectivity index (χ1v) is 13.0. The number of hydrogen-bond donors (Lipinski definition) is 2. The summed E-state index contributed by atoms with van der Waals surface area (Å²) in [6.07, 6.45) is 2.27. The van der Waals surface area contributed by atoms with Crippen LogP contribution in [0, 0.1) is 0 Å². The van der Waals surface area contributed by atoms with E-state index in [0.717, 1.165) is 59.8 Å². The quantitative estimate of drug-likeness (QED) is 0.731. The normalized spacial score (nSPS) is 21.5. The molecule has 5 rings (SSSR count). The van der Waals surface area contributed by atoms with Gasteiger partial charge >= 0.3 is 0 Å². The van der Waals surface area contributed by atoms with E-state index in [9.17, 15) is 9.11 Å². The van der Waals surface area contributed by atoms with Crippen LogP contribution in [0.4, 0.5) is 5.13 Å². The maximum atomic E-state index is 9.97. The fraction of sp³-hybridized carbons (Fsp3) is 0.550. The van der Waals surface area contributed by atoms with Crippen molar-refractivity contribution in [1.29, 1.82) is 0 Å². The molecule has 30 heavy (non-hydrogen) atoms. The minimum atomic E-state index is -2.66. The summed E-state index contributed by atoms with van der Waals surface area (Å²) in [5.74, 6) is 1.66. The van der Waals surface area contributed by atoms with Crippen LogP contribution in [-0.4, -0.2) is 69.1 Å². The smallest absolute Gasteiger partial charge is 0.231 e. The van der Waals surface area contributed by atoms with Gasteiger partial charge in [0.25, 0.3) is 0 Å². The molecule has 0 aliphatic carbocycles. The summed E-state index contributed by atoms with van der Waals surface area (Å²) in [6.45, 7) is 7.60. The van der Waals surface area contributed by atoms with Gasteiger partial charge in [0.15, 0.2) is 16.6 Å². The maximum absolute atomic E-state index is 9.97. The molecule has 3 aliphatic rings. The van der Waals surface area contributed by atoms with Gasteiger partial charge in [-0.3, -0.25) is 14.0 Å². The molecule has 1 atom stereocenters. The zero-order chi connectivity index (χ0) is 20.9. The second-order valence-electron chi connectivity index (χ2n) is 8.08. The maximum Gasteiger partial charge on any atom is 0.231 e. The monoisotopic (exact) mass is 452 g/mol. The van der Waals surface area contributed by atoms with Gasteiger partial charge in [-0.15, -0.1) is 22.1 Å². The molecule has 10 heteroatoms. The highest BCUT2D eigenvalue weighted by molar-refractivity contribution is 8.21. The van der Waals surface area contributed by atoms with Gasteiger partial charge in [0.2, 0.25) is 6.79 Å². The molecule has 3 aliphatic heterocycles. The Morgan fingerprint density at radius 2 is 1.87 bits per heavy atom. The lowest BCUT2D eigenvalue weighted by molar-refractivity contribution is 0.173. The summed E-state index contributed by atoms with van der Waals surface area (Å²) in [6, 6.07) is 6.54. The third-order valence-corrected chi connectivity index (χ3v) is 8.62. The third kappa shape index (κ3) is 3.88. The van der Waals surface area contributed by atoms with Crippen LogP contribution in [0.5, 0.6) is 11.5 Å². The highest BCUT2D eigenvalue weighted by Gasteiger charge is 2.29. The minimum Gasteiger partial charge on any atom is -0.454 e. The molecule has 0 amide bonds. The number of hydrogen-bond acceptors (Lipinski definition) is 9. The van der Waals surface area contributed by atoms with E-state index in [1.807, 2.05) is 6.07 Å². The summed E-state index contributed by atoms with van der Waals surface area (Å²) in [5.41, 5.74) is 2.36. The zero-order valence-electron chi connectivity index (χ0n) is 17.3. The summed E-state index contributed by atoms with van der Waals surface area (Å²) in [4.78, 5) is 10.9. The molecule has 0 spiro atoms. The van der Waals surface area contributed by atoms with E-state index < -0.39 is 10.8 Å². The fourth-order valence-corrected chi connectivity index (χ4v) is 6.34. The molecule has 1 fully saturated rings. The van der Waals surface area contributed by atoms with Crippen molar-refractivity contribution < 1.29 is 18.6 Å². The number of benzene rings is 1. The molecule has 2 N–H and O–H groups in total. The van der Waals surface area contributed by atoms with Gasteiger partial charge in [0.1, 0.15) is 0 Å². The molecule has 0 saturated carbocycles. The van der Waals surface area contributed by atoms with Crippen molar-refractivity contribution in [3.05, 3.63) is 34.3 Å². The number of aromatic nitrogens is 1. The van der Waals surface area contributed by atoms with Crippen molar-refractivity contribution in [2.45, 2.75) is 25.9 Å². The fourth-order valence-electron chi connectivity index (χ4n) is 4.27. The Morgan fingerprint density at radius 1 is 1.10 bits per heavy atom. The molecule has 0 bridgehead atoms. The largest absolute Gasteiger partial charge is 0.454 e. The summed E-state index contributed by atoms with van der Waals surface area (Å²) >= 11 is 1.70. The van der Waals surface area contributed by atoms with E-state index in [2.05, 4.69) is 28.9 Å². The first-order chi connectivity index (χ1) is 14.4. The summed E-state index contributed by atoms with van der Waals surface area (Å²) in [7, 11) is -2.66. The number of ether oxygens (including phenoxy) is 2. The van der Waals surface area contributed by atoms with Gasteiger partial charge in [-0.05, 0) is 24.6 Å². The van der Waals surface area contributed by atoms with Crippen molar-refractivity contribution in [3.8, 4) is 11.5 Å². The Morgan fingerprint density at radius 3 is 2.63 bits per heavy atom. The van der Waals surface area contributed by atoms with E-state index in [0.29, 0.717) is 25.9 Å². The Balaban J connectivity index is 1.22. The van der Waals surface area contributed by atoms with E-state index in [1.165, 1.54) is 11.8 Å². The lowest BCUT2D eigenvalue weighted by atomic mass is 10.1. The molecule has 164 valence electrons. The van der Waals surface area contributed by atoms with Crippen molar-refractivity contribution >= 4 is 27.2 Å². The number of fused-ring (bicyclic) bond motifs is 2. The topological polar surface area (TPSA) is 81.5 Å². The molecule has 1 aromatic carbocycles. The molecular weight excluding hydrogens is 424 g/mol. The van der Waals surface area contributed by atoms with Crippen LogP contribution >= 0.6 is 22.1 Å². The van der Waals surface area contributed by atoms with Gasteiger partial charge in [-0.2, -0.15) is 0 Å². The van der Waals surface area contributed by atoms with E-state index in [-0.39, 0.29) is 0 Å². The van der Waals surface area contributed by atoms with Gasteiger partial charge in [0, 0.05) is 56.3 Å². The number of anilines is 1. The van der Waals surface area contributed by atoms with Crippen LogP contribution in [0.25, 0.3) is 0 Å². The Kier molecular flexibility index (Phi) is 5.32. The number of thiazole rings is 1. The van der Waals surface area contributed by atoms with Gasteiger partial charge in [-0.1, -0.05) is 6.07 Å². The van der Waals surface area contributed by atoms with E-state index >= 15 is 0 Å². The molecule has 8 nitrogen and oxygen atoms in total. The highest BCUT2D eigenvalue weighted by Crippen LogP contribution is 2.44. The van der Waals surface area contributed by atoms with Gasteiger partial charge < -0.3 is 14.4 Å². The van der Waals surface area contributed by atoms with Crippen LogP contribution in [-0.2, 0) is 13.0 Å². The van der Waals surface area contributed by atoms with E-state index in [1.54, 1.807) is 15.6 Å². The molecule has 2 aromatic rings. The van der Waals surface area contributed by atoms with Crippen LogP contribution in [0.3, 0.4) is 0 Å². The first-order valence-electron chi connectivity index (χ1n) is 10.2. The summed E-state index contributed by atoms with van der Waals surface area (Å²) < 4.78 is 32.7. The standard InChI is InChI=1S/C20H28N4O4S2/c1-14(15-3-4-17-18(11-15)28-13-27-17)22-7-9-23(10-8-22)20-21-16-5-6-24(30(2,25)26)12-19(16)29-20/h3-4,11,14,25-26H,5-10,12-13H2,1-2H3. The molecular formula is C20H28N4O4S2. The average Bonchev–Trinajstić information content (AvgIpc) is 3.38. The molecule has 0 radical (unpaired) electrons. The van der Waals surface area contributed by atoms with Crippen molar-refractivity contribution in [1.82, 2.24) is 14.2 Å². The Bertz CT molecular complexity index is 924. The molecule has 1 unspecified atom stereocenters. The van der Waals surface area contributed by atoms with Gasteiger partial charge in [0.05, 0.1) is 12.2 Å². The molecule has 1 aromatic heterocycles. The Hall–Kier alpha value is -1.56. The number of nitrogens with zero attached hydrogens (tertiary/aromatic N) is 4. The minimum absolute atomic E-state index is 0.304. The Labute approximate surface area is 182 Å².